The van der Waals surface area contributed by atoms with E-state index in [4.69, 9.17) is 11.6 Å². The molecule has 13 heavy (non-hydrogen) atoms. The summed E-state index contributed by atoms with van der Waals surface area (Å²) in [5.41, 5.74) is 0.492. The normalized spacial score (nSPS) is 11.3. The van der Waals surface area contributed by atoms with Crippen molar-refractivity contribution >= 4 is 27.3 Å². The predicted molar refractivity (Wildman–Crippen MR) is 54.7 cm³/mol. The van der Waals surface area contributed by atoms with Gasteiger partial charge in [-0.15, -0.1) is 0 Å². The van der Waals surface area contributed by atoms with E-state index in [1.165, 1.54) is 7.05 Å². The van der Waals surface area contributed by atoms with E-state index in [1.54, 1.807) is 24.3 Å². The van der Waals surface area contributed by atoms with Crippen molar-refractivity contribution in [2.45, 2.75) is 0 Å². The van der Waals surface area contributed by atoms with Crippen molar-refractivity contribution in [2.75, 3.05) is 17.6 Å². The van der Waals surface area contributed by atoms with Crippen molar-refractivity contribution < 1.29 is 8.42 Å². The molecule has 5 heteroatoms. The number of halogens is 1. The standard InChI is InChI=1S/C8H10ClNO2S/c1-10(13(2,11)12)8-6-4-3-5-7(8)9/h3-6H,1-2H3. The van der Waals surface area contributed by atoms with Gasteiger partial charge in [-0.05, 0) is 12.1 Å². The first-order valence-corrected chi connectivity index (χ1v) is 5.84. The maximum Gasteiger partial charge on any atom is 0.232 e. The van der Waals surface area contributed by atoms with Gasteiger partial charge in [-0.3, -0.25) is 4.31 Å². The summed E-state index contributed by atoms with van der Waals surface area (Å²) in [6, 6.07) is 6.80. The summed E-state index contributed by atoms with van der Waals surface area (Å²) >= 11 is 5.82. The van der Waals surface area contributed by atoms with Gasteiger partial charge in [0, 0.05) is 7.05 Å². The molecular weight excluding hydrogens is 210 g/mol. The largest absolute Gasteiger partial charge is 0.272 e. The van der Waals surface area contributed by atoms with E-state index >= 15 is 0 Å². The van der Waals surface area contributed by atoms with Crippen LogP contribution in [0.15, 0.2) is 24.3 Å². The molecule has 72 valence electrons. The van der Waals surface area contributed by atoms with Gasteiger partial charge in [0.2, 0.25) is 10.0 Å². The third-order valence-corrected chi connectivity index (χ3v) is 3.20. The van der Waals surface area contributed by atoms with E-state index in [0.29, 0.717) is 10.7 Å². The molecule has 0 atom stereocenters. The van der Waals surface area contributed by atoms with Gasteiger partial charge in [0.15, 0.2) is 0 Å². The van der Waals surface area contributed by atoms with Gasteiger partial charge in [-0.1, -0.05) is 23.7 Å². The lowest BCUT2D eigenvalue weighted by atomic mass is 10.3. The van der Waals surface area contributed by atoms with Crippen molar-refractivity contribution in [3.05, 3.63) is 29.3 Å². The Balaban J connectivity index is 3.17. The predicted octanol–water partition coefficient (Wildman–Crippen LogP) is 1.74. The summed E-state index contributed by atoms with van der Waals surface area (Å²) in [5, 5.41) is 0.426. The van der Waals surface area contributed by atoms with E-state index in [2.05, 4.69) is 0 Å². The minimum absolute atomic E-state index is 0.426. The Morgan fingerprint density at radius 3 is 2.31 bits per heavy atom. The van der Waals surface area contributed by atoms with Crippen LogP contribution in [0.4, 0.5) is 5.69 Å². The highest BCUT2D eigenvalue weighted by molar-refractivity contribution is 7.92. The molecule has 0 bridgehead atoms. The first-order valence-electron chi connectivity index (χ1n) is 3.61. The van der Waals surface area contributed by atoms with E-state index in [0.717, 1.165) is 10.6 Å². The van der Waals surface area contributed by atoms with Gasteiger partial charge in [-0.2, -0.15) is 0 Å². The fourth-order valence-electron chi connectivity index (χ4n) is 0.886. The number of hydrogen-bond acceptors (Lipinski definition) is 2. The highest BCUT2D eigenvalue weighted by Gasteiger charge is 2.13. The molecule has 1 rings (SSSR count). The number of para-hydroxylation sites is 1. The lowest BCUT2D eigenvalue weighted by Crippen LogP contribution is -2.24. The molecule has 0 fully saturated rings. The minimum Gasteiger partial charge on any atom is -0.272 e. The van der Waals surface area contributed by atoms with Crippen LogP contribution in [0.2, 0.25) is 5.02 Å². The molecule has 3 nitrogen and oxygen atoms in total. The van der Waals surface area contributed by atoms with Gasteiger partial charge >= 0.3 is 0 Å². The lowest BCUT2D eigenvalue weighted by molar-refractivity contribution is 0.600. The summed E-state index contributed by atoms with van der Waals surface area (Å²) in [7, 11) is -1.76. The molecule has 0 aliphatic heterocycles. The van der Waals surface area contributed by atoms with Crippen LogP contribution in [0.25, 0.3) is 0 Å². The monoisotopic (exact) mass is 219 g/mol. The van der Waals surface area contributed by atoms with Crippen LogP contribution in [0.5, 0.6) is 0 Å². The summed E-state index contributed by atoms with van der Waals surface area (Å²) in [4.78, 5) is 0. The molecule has 0 saturated heterocycles. The van der Waals surface area contributed by atoms with Crippen molar-refractivity contribution in [1.82, 2.24) is 0 Å². The Morgan fingerprint density at radius 1 is 1.31 bits per heavy atom. The summed E-state index contributed by atoms with van der Waals surface area (Å²) in [5.74, 6) is 0. The maximum atomic E-state index is 11.2. The van der Waals surface area contributed by atoms with Crippen LogP contribution < -0.4 is 4.31 Å². The van der Waals surface area contributed by atoms with Crippen molar-refractivity contribution in [1.29, 1.82) is 0 Å². The molecule has 0 aliphatic rings. The van der Waals surface area contributed by atoms with Crippen LogP contribution >= 0.6 is 11.6 Å². The SMILES string of the molecule is CN(c1ccccc1Cl)S(C)(=O)=O. The Bertz CT molecular complexity index is 402. The van der Waals surface area contributed by atoms with Crippen molar-refractivity contribution in [3.8, 4) is 0 Å². The van der Waals surface area contributed by atoms with Gasteiger partial charge in [0.25, 0.3) is 0 Å². The van der Waals surface area contributed by atoms with Crippen LogP contribution in [0, 0.1) is 0 Å². The summed E-state index contributed by atoms with van der Waals surface area (Å²) in [6.07, 6.45) is 1.14. The first kappa shape index (κ1) is 10.3. The number of sulfonamides is 1. The number of anilines is 1. The fraction of sp³-hybridized carbons (Fsp3) is 0.250. The van der Waals surface area contributed by atoms with E-state index < -0.39 is 10.0 Å². The number of hydrogen-bond donors (Lipinski definition) is 0. The summed E-state index contributed by atoms with van der Waals surface area (Å²) < 4.78 is 23.5. The zero-order valence-corrected chi connectivity index (χ0v) is 8.93. The molecule has 0 N–H and O–H groups in total. The van der Waals surface area contributed by atoms with Crippen molar-refractivity contribution in [2.24, 2.45) is 0 Å². The molecule has 0 aromatic heterocycles. The van der Waals surface area contributed by atoms with Gasteiger partial charge in [-0.25, -0.2) is 8.42 Å². The third-order valence-electron chi connectivity index (χ3n) is 1.69. The molecule has 0 spiro atoms. The minimum atomic E-state index is -3.23. The molecule has 0 amide bonds. The molecule has 0 radical (unpaired) electrons. The molecule has 0 heterocycles. The first-order chi connectivity index (χ1) is 5.93. The van der Waals surface area contributed by atoms with Crippen molar-refractivity contribution in [3.63, 3.8) is 0 Å². The van der Waals surface area contributed by atoms with E-state index in [-0.39, 0.29) is 0 Å². The Kier molecular flexibility index (Phi) is 2.83. The molecular formula is C8H10ClNO2S. The summed E-state index contributed by atoms with van der Waals surface area (Å²) in [6.45, 7) is 0. The second-order valence-corrected chi connectivity index (χ2v) is 5.10. The molecule has 0 saturated carbocycles. The quantitative estimate of drug-likeness (QED) is 0.760. The van der Waals surface area contributed by atoms with Crippen LogP contribution in [0.1, 0.15) is 0 Å². The lowest BCUT2D eigenvalue weighted by Gasteiger charge is -2.17. The fourth-order valence-corrected chi connectivity index (χ4v) is 1.71. The third kappa shape index (κ3) is 2.35. The highest BCUT2D eigenvalue weighted by Crippen LogP contribution is 2.25. The van der Waals surface area contributed by atoms with E-state index in [1.807, 2.05) is 0 Å². The second-order valence-electron chi connectivity index (χ2n) is 2.68. The Morgan fingerprint density at radius 2 is 1.85 bits per heavy atom. The van der Waals surface area contributed by atoms with Gasteiger partial charge in [0.1, 0.15) is 0 Å². The van der Waals surface area contributed by atoms with E-state index in [9.17, 15) is 8.42 Å². The maximum absolute atomic E-state index is 11.2. The van der Waals surface area contributed by atoms with Crippen LogP contribution in [-0.4, -0.2) is 21.7 Å². The zero-order chi connectivity index (χ0) is 10.1. The van der Waals surface area contributed by atoms with Crippen LogP contribution in [-0.2, 0) is 10.0 Å². The number of nitrogens with zero attached hydrogens (tertiary/aromatic N) is 1. The zero-order valence-electron chi connectivity index (χ0n) is 7.36. The average Bonchev–Trinajstić information content (AvgIpc) is 2.02. The average molecular weight is 220 g/mol. The van der Waals surface area contributed by atoms with Crippen LogP contribution in [0.3, 0.4) is 0 Å². The smallest absolute Gasteiger partial charge is 0.232 e. The Labute approximate surface area is 83.0 Å². The van der Waals surface area contributed by atoms with Gasteiger partial charge in [0.05, 0.1) is 17.0 Å². The molecule has 0 aliphatic carbocycles. The Hall–Kier alpha value is -0.740. The topological polar surface area (TPSA) is 37.4 Å². The number of benzene rings is 1. The highest BCUT2D eigenvalue weighted by atomic mass is 35.5. The molecule has 1 aromatic rings. The number of rotatable bonds is 2. The van der Waals surface area contributed by atoms with Gasteiger partial charge < -0.3 is 0 Å². The molecule has 1 aromatic carbocycles. The molecule has 0 unspecified atom stereocenters. The second kappa shape index (κ2) is 3.55.